The van der Waals surface area contributed by atoms with Gasteiger partial charge in [-0.2, -0.15) is 5.10 Å². The Morgan fingerprint density at radius 3 is 2.59 bits per heavy atom. The standard InChI is InChI=1S/C22H19N3O4/c1-16-11-12-18(13-20(16)25(27)28)14-23-24-22(26)19-9-5-6-10-21(19)29-15-17-7-3-2-4-8-17/h2-14H,15H2,1H3,(H,24,26)/b23-14-. The molecule has 0 bridgehead atoms. The quantitative estimate of drug-likeness (QED) is 0.371. The lowest BCUT2D eigenvalue weighted by Crippen LogP contribution is -2.18. The SMILES string of the molecule is Cc1ccc(/C=N\NC(=O)c2ccccc2OCc2ccccc2)cc1[N+](=O)[O-]. The van der Waals surface area contributed by atoms with Gasteiger partial charge in [-0.3, -0.25) is 14.9 Å². The Bertz CT molecular complexity index is 1050. The first kappa shape index (κ1) is 19.8. The third-order valence-electron chi connectivity index (χ3n) is 4.18. The van der Waals surface area contributed by atoms with E-state index in [1.54, 1.807) is 43.3 Å². The van der Waals surface area contributed by atoms with Crippen LogP contribution < -0.4 is 10.2 Å². The van der Waals surface area contributed by atoms with Crippen molar-refractivity contribution < 1.29 is 14.5 Å². The summed E-state index contributed by atoms with van der Waals surface area (Å²) in [4.78, 5) is 23.1. The number of amides is 1. The van der Waals surface area contributed by atoms with Gasteiger partial charge in [-0.25, -0.2) is 5.43 Å². The molecule has 0 aliphatic carbocycles. The van der Waals surface area contributed by atoms with E-state index in [-0.39, 0.29) is 5.69 Å². The van der Waals surface area contributed by atoms with Crippen LogP contribution >= 0.6 is 0 Å². The topological polar surface area (TPSA) is 93.8 Å². The van der Waals surface area contributed by atoms with Crippen molar-refractivity contribution in [1.82, 2.24) is 5.43 Å². The molecule has 0 aliphatic rings. The van der Waals surface area contributed by atoms with Gasteiger partial charge in [0, 0.05) is 17.2 Å². The smallest absolute Gasteiger partial charge is 0.275 e. The summed E-state index contributed by atoms with van der Waals surface area (Å²) in [6.45, 7) is 1.99. The van der Waals surface area contributed by atoms with Crippen LogP contribution in [0.2, 0.25) is 0 Å². The number of hydrazone groups is 1. The molecule has 7 heteroatoms. The Kier molecular flexibility index (Phi) is 6.32. The van der Waals surface area contributed by atoms with E-state index in [4.69, 9.17) is 4.74 Å². The number of carbonyl (C=O) groups excluding carboxylic acids is 1. The molecule has 0 fully saturated rings. The summed E-state index contributed by atoms with van der Waals surface area (Å²) in [6, 6.07) is 21.2. The van der Waals surface area contributed by atoms with E-state index in [1.165, 1.54) is 12.3 Å². The average molecular weight is 389 g/mol. The van der Waals surface area contributed by atoms with Crippen molar-refractivity contribution in [3.63, 3.8) is 0 Å². The average Bonchev–Trinajstić information content (AvgIpc) is 2.74. The normalized spacial score (nSPS) is 10.7. The lowest BCUT2D eigenvalue weighted by atomic mass is 10.1. The van der Waals surface area contributed by atoms with Crippen LogP contribution in [0.1, 0.15) is 27.0 Å². The Hall–Kier alpha value is -4.00. The maximum absolute atomic E-state index is 12.5. The van der Waals surface area contributed by atoms with Crippen molar-refractivity contribution >= 4 is 17.8 Å². The van der Waals surface area contributed by atoms with Gasteiger partial charge in [-0.05, 0) is 24.6 Å². The van der Waals surface area contributed by atoms with E-state index >= 15 is 0 Å². The number of ether oxygens (including phenoxy) is 1. The summed E-state index contributed by atoms with van der Waals surface area (Å²) < 4.78 is 5.78. The summed E-state index contributed by atoms with van der Waals surface area (Å²) in [5, 5.41) is 14.9. The van der Waals surface area contributed by atoms with Gasteiger partial charge < -0.3 is 4.74 Å². The molecule has 0 atom stereocenters. The number of para-hydroxylation sites is 1. The lowest BCUT2D eigenvalue weighted by molar-refractivity contribution is -0.385. The van der Waals surface area contributed by atoms with Crippen LogP contribution in [-0.4, -0.2) is 17.0 Å². The van der Waals surface area contributed by atoms with Crippen molar-refractivity contribution in [2.75, 3.05) is 0 Å². The monoisotopic (exact) mass is 389 g/mol. The number of nitrogens with zero attached hydrogens (tertiary/aromatic N) is 2. The summed E-state index contributed by atoms with van der Waals surface area (Å²) in [5.74, 6) is 0.00144. The van der Waals surface area contributed by atoms with Gasteiger partial charge in [0.2, 0.25) is 0 Å². The summed E-state index contributed by atoms with van der Waals surface area (Å²) >= 11 is 0. The first-order valence-electron chi connectivity index (χ1n) is 8.89. The number of nitrogens with one attached hydrogen (secondary N) is 1. The third-order valence-corrected chi connectivity index (χ3v) is 4.18. The zero-order chi connectivity index (χ0) is 20.6. The van der Waals surface area contributed by atoms with Crippen LogP contribution in [-0.2, 0) is 6.61 Å². The Morgan fingerprint density at radius 2 is 1.83 bits per heavy atom. The molecule has 1 amide bonds. The van der Waals surface area contributed by atoms with Gasteiger partial charge in [-0.15, -0.1) is 0 Å². The first-order chi connectivity index (χ1) is 14.0. The minimum absolute atomic E-state index is 0.0000610. The van der Waals surface area contributed by atoms with Crippen LogP contribution in [0.3, 0.4) is 0 Å². The second-order valence-electron chi connectivity index (χ2n) is 6.27. The third kappa shape index (κ3) is 5.26. The zero-order valence-electron chi connectivity index (χ0n) is 15.7. The van der Waals surface area contributed by atoms with Gasteiger partial charge in [0.05, 0.1) is 16.7 Å². The molecule has 7 nitrogen and oxygen atoms in total. The molecule has 146 valence electrons. The number of hydrogen-bond acceptors (Lipinski definition) is 5. The number of rotatable bonds is 7. The predicted molar refractivity (Wildman–Crippen MR) is 110 cm³/mol. The number of aryl methyl sites for hydroxylation is 1. The zero-order valence-corrected chi connectivity index (χ0v) is 15.7. The summed E-state index contributed by atoms with van der Waals surface area (Å²) in [6.07, 6.45) is 1.36. The molecule has 3 rings (SSSR count). The largest absolute Gasteiger partial charge is 0.488 e. The van der Waals surface area contributed by atoms with Crippen LogP contribution in [0.5, 0.6) is 5.75 Å². The van der Waals surface area contributed by atoms with E-state index < -0.39 is 10.8 Å². The molecule has 0 heterocycles. The molecule has 0 aliphatic heterocycles. The van der Waals surface area contributed by atoms with Gasteiger partial charge in [0.1, 0.15) is 12.4 Å². The van der Waals surface area contributed by atoms with E-state index in [0.717, 1.165) is 5.56 Å². The molecule has 3 aromatic rings. The first-order valence-corrected chi connectivity index (χ1v) is 8.89. The molecule has 0 saturated carbocycles. The van der Waals surface area contributed by atoms with Crippen LogP contribution in [0, 0.1) is 17.0 Å². The molecule has 0 unspecified atom stereocenters. The fourth-order valence-corrected chi connectivity index (χ4v) is 2.64. The van der Waals surface area contributed by atoms with Crippen molar-refractivity contribution in [3.8, 4) is 5.75 Å². The molecular formula is C22H19N3O4. The van der Waals surface area contributed by atoms with Crippen LogP contribution in [0.4, 0.5) is 5.69 Å². The highest BCUT2D eigenvalue weighted by molar-refractivity contribution is 5.97. The number of carbonyl (C=O) groups is 1. The van der Waals surface area contributed by atoms with Crippen molar-refractivity contribution in [2.45, 2.75) is 13.5 Å². The maximum Gasteiger partial charge on any atom is 0.275 e. The highest BCUT2D eigenvalue weighted by Gasteiger charge is 2.12. The molecular weight excluding hydrogens is 370 g/mol. The minimum atomic E-state index is -0.453. The Balaban J connectivity index is 1.67. The number of nitro benzene ring substituents is 1. The Labute approximate surface area is 167 Å². The van der Waals surface area contributed by atoms with Crippen molar-refractivity contribution in [1.29, 1.82) is 0 Å². The van der Waals surface area contributed by atoms with Crippen molar-refractivity contribution in [2.24, 2.45) is 5.10 Å². The van der Waals surface area contributed by atoms with Gasteiger partial charge in [-0.1, -0.05) is 54.6 Å². The second kappa shape index (κ2) is 9.27. The van der Waals surface area contributed by atoms with E-state index in [0.29, 0.717) is 29.0 Å². The molecule has 0 radical (unpaired) electrons. The molecule has 1 N–H and O–H groups in total. The number of benzene rings is 3. The number of nitro groups is 1. The number of hydrogen-bond donors (Lipinski definition) is 1. The molecule has 0 saturated heterocycles. The lowest BCUT2D eigenvalue weighted by Gasteiger charge is -2.10. The summed E-state index contributed by atoms with van der Waals surface area (Å²) in [7, 11) is 0. The Morgan fingerprint density at radius 1 is 1.10 bits per heavy atom. The predicted octanol–water partition coefficient (Wildman–Crippen LogP) is 4.25. The fraction of sp³-hybridized carbons (Fsp3) is 0.0909. The molecule has 3 aromatic carbocycles. The fourth-order valence-electron chi connectivity index (χ4n) is 2.64. The highest BCUT2D eigenvalue weighted by atomic mass is 16.6. The maximum atomic E-state index is 12.5. The van der Waals surface area contributed by atoms with E-state index in [9.17, 15) is 14.9 Å². The summed E-state index contributed by atoms with van der Waals surface area (Å²) in [5.41, 5.74) is 4.83. The van der Waals surface area contributed by atoms with Crippen LogP contribution in [0.15, 0.2) is 77.9 Å². The van der Waals surface area contributed by atoms with E-state index in [2.05, 4.69) is 10.5 Å². The van der Waals surface area contributed by atoms with Gasteiger partial charge in [0.25, 0.3) is 11.6 Å². The second-order valence-corrected chi connectivity index (χ2v) is 6.27. The molecule has 0 spiro atoms. The van der Waals surface area contributed by atoms with Gasteiger partial charge >= 0.3 is 0 Å². The van der Waals surface area contributed by atoms with Crippen LogP contribution in [0.25, 0.3) is 0 Å². The molecule has 29 heavy (non-hydrogen) atoms. The molecule has 0 aromatic heterocycles. The highest BCUT2D eigenvalue weighted by Crippen LogP contribution is 2.20. The van der Waals surface area contributed by atoms with E-state index in [1.807, 2.05) is 30.3 Å². The van der Waals surface area contributed by atoms with Gasteiger partial charge in [0.15, 0.2) is 0 Å². The van der Waals surface area contributed by atoms with Crippen molar-refractivity contribution in [3.05, 3.63) is 105 Å². The minimum Gasteiger partial charge on any atom is -0.488 e.